The minimum absolute atomic E-state index is 0.241. The van der Waals surface area contributed by atoms with Crippen molar-refractivity contribution < 1.29 is 4.92 Å². The van der Waals surface area contributed by atoms with E-state index in [-0.39, 0.29) is 9.92 Å². The first-order valence-corrected chi connectivity index (χ1v) is 5.18. The molecular formula is C4HI2NO2S. The number of hydrogen-bond acceptors (Lipinski definition) is 3. The summed E-state index contributed by atoms with van der Waals surface area (Å²) in [5, 5.41) is 10.5. The quantitative estimate of drug-likeness (QED) is 0.427. The van der Waals surface area contributed by atoms with Crippen molar-refractivity contribution in [2.45, 2.75) is 0 Å². The molecule has 0 N–H and O–H groups in total. The Morgan fingerprint density at radius 3 is 2.40 bits per heavy atom. The molecule has 0 aromatic carbocycles. The number of halogens is 2. The molecular weight excluding hydrogens is 380 g/mol. The molecule has 0 aliphatic carbocycles. The zero-order chi connectivity index (χ0) is 7.72. The van der Waals surface area contributed by atoms with Gasteiger partial charge in [0.05, 0.1) is 7.81 Å². The minimum atomic E-state index is -0.353. The van der Waals surface area contributed by atoms with Gasteiger partial charge in [0, 0.05) is 0 Å². The van der Waals surface area contributed by atoms with Crippen molar-refractivity contribution >= 4 is 61.5 Å². The van der Waals surface area contributed by atoms with Crippen LogP contribution in [0, 0.1) is 16.6 Å². The van der Waals surface area contributed by atoms with Gasteiger partial charge in [-0.1, -0.05) is 11.3 Å². The molecule has 3 nitrogen and oxygen atoms in total. The van der Waals surface area contributed by atoms with Crippen LogP contribution >= 0.6 is 56.5 Å². The van der Waals surface area contributed by atoms with Crippen LogP contribution in [-0.4, -0.2) is 4.92 Å². The number of nitro groups is 1. The van der Waals surface area contributed by atoms with Gasteiger partial charge in [-0.2, -0.15) is 0 Å². The van der Waals surface area contributed by atoms with Crippen molar-refractivity contribution in [2.24, 2.45) is 0 Å². The first-order valence-electron chi connectivity index (χ1n) is 2.20. The fourth-order valence-electron chi connectivity index (χ4n) is 0.456. The third-order valence-corrected chi connectivity index (χ3v) is 3.84. The number of hydrogen-bond donors (Lipinski definition) is 0. The molecule has 1 aromatic rings. The molecule has 0 fully saturated rings. The Morgan fingerprint density at radius 1 is 1.60 bits per heavy atom. The summed E-state index contributed by atoms with van der Waals surface area (Å²) in [6, 6.07) is 1.80. The maximum absolute atomic E-state index is 10.2. The van der Waals surface area contributed by atoms with E-state index in [0.29, 0.717) is 0 Å². The Balaban J connectivity index is 3.15. The second-order valence-corrected chi connectivity index (χ2v) is 5.55. The Kier molecular flexibility index (Phi) is 2.86. The number of rotatable bonds is 1. The standard InChI is InChI=1S/C4HI2NO2S/c5-2-1-3(6)10-4(2)7(8)9/h1H. The van der Waals surface area contributed by atoms with E-state index in [9.17, 15) is 10.1 Å². The molecule has 0 saturated heterocycles. The lowest BCUT2D eigenvalue weighted by Gasteiger charge is -1.81. The first-order chi connectivity index (χ1) is 4.61. The van der Waals surface area contributed by atoms with E-state index in [0.717, 1.165) is 6.45 Å². The van der Waals surface area contributed by atoms with Crippen molar-refractivity contribution in [3.63, 3.8) is 0 Å². The molecule has 0 saturated carbocycles. The van der Waals surface area contributed by atoms with E-state index in [1.807, 2.05) is 22.6 Å². The molecule has 54 valence electrons. The SMILES string of the molecule is O=[N+]([O-])c1sc(I)cc1I. The van der Waals surface area contributed by atoms with Gasteiger partial charge in [-0.3, -0.25) is 10.1 Å². The first kappa shape index (κ1) is 8.65. The normalized spacial score (nSPS) is 9.80. The molecule has 0 spiro atoms. The fraction of sp³-hybridized carbons (Fsp3) is 0. The lowest BCUT2D eigenvalue weighted by molar-refractivity contribution is -0.381. The van der Waals surface area contributed by atoms with Crippen LogP contribution in [0.4, 0.5) is 5.00 Å². The summed E-state index contributed by atoms with van der Waals surface area (Å²) in [5.74, 6) is 0. The van der Waals surface area contributed by atoms with Gasteiger partial charge in [-0.15, -0.1) is 0 Å². The van der Waals surface area contributed by atoms with Gasteiger partial charge in [-0.25, -0.2) is 0 Å². The molecule has 6 heteroatoms. The lowest BCUT2D eigenvalue weighted by Crippen LogP contribution is -1.84. The molecule has 0 amide bonds. The Bertz CT molecular complexity index is 272. The van der Waals surface area contributed by atoms with E-state index in [1.54, 1.807) is 6.07 Å². The predicted molar refractivity (Wildman–Crippen MR) is 56.4 cm³/mol. The lowest BCUT2D eigenvalue weighted by atomic mass is 10.6. The maximum atomic E-state index is 10.2. The molecule has 1 heterocycles. The summed E-state index contributed by atoms with van der Waals surface area (Å²) in [4.78, 5) is 9.89. The van der Waals surface area contributed by atoms with Gasteiger partial charge in [0.25, 0.3) is 0 Å². The Hall–Kier alpha value is 0.560. The smallest absolute Gasteiger partial charge is 0.258 e. The molecule has 1 aromatic heterocycles. The molecule has 0 radical (unpaired) electrons. The average molecular weight is 381 g/mol. The Morgan fingerprint density at radius 2 is 2.20 bits per heavy atom. The van der Waals surface area contributed by atoms with Gasteiger partial charge < -0.3 is 0 Å². The molecule has 0 unspecified atom stereocenters. The molecule has 1 rings (SSSR count). The fourth-order valence-corrected chi connectivity index (χ4v) is 3.63. The van der Waals surface area contributed by atoms with Gasteiger partial charge >= 0.3 is 5.00 Å². The van der Waals surface area contributed by atoms with Crippen LogP contribution in [0.2, 0.25) is 0 Å². The third-order valence-electron chi connectivity index (χ3n) is 0.805. The van der Waals surface area contributed by atoms with E-state index in [4.69, 9.17) is 0 Å². The molecule has 0 aliphatic rings. The zero-order valence-corrected chi connectivity index (χ0v) is 9.64. The highest BCUT2D eigenvalue weighted by Crippen LogP contribution is 2.31. The second-order valence-electron chi connectivity index (χ2n) is 1.46. The van der Waals surface area contributed by atoms with Crippen molar-refractivity contribution in [3.8, 4) is 0 Å². The predicted octanol–water partition coefficient (Wildman–Crippen LogP) is 2.87. The van der Waals surface area contributed by atoms with Crippen LogP contribution in [0.25, 0.3) is 0 Å². The van der Waals surface area contributed by atoms with E-state index >= 15 is 0 Å². The summed E-state index contributed by atoms with van der Waals surface area (Å²) < 4.78 is 1.67. The molecule has 0 atom stereocenters. The highest BCUT2D eigenvalue weighted by atomic mass is 127. The minimum Gasteiger partial charge on any atom is -0.258 e. The summed E-state index contributed by atoms with van der Waals surface area (Å²) >= 11 is 5.23. The van der Waals surface area contributed by atoms with Crippen LogP contribution in [0.1, 0.15) is 0 Å². The van der Waals surface area contributed by atoms with Crippen molar-refractivity contribution in [1.82, 2.24) is 0 Å². The molecule has 10 heavy (non-hydrogen) atoms. The summed E-state index contributed by atoms with van der Waals surface area (Å²) in [6.07, 6.45) is 0. The van der Waals surface area contributed by atoms with Gasteiger partial charge in [0.15, 0.2) is 0 Å². The second kappa shape index (κ2) is 3.30. The monoisotopic (exact) mass is 381 g/mol. The van der Waals surface area contributed by atoms with Gasteiger partial charge in [0.1, 0.15) is 3.57 Å². The van der Waals surface area contributed by atoms with Crippen LogP contribution in [0.15, 0.2) is 6.07 Å². The largest absolute Gasteiger partial charge is 0.338 e. The highest BCUT2D eigenvalue weighted by Gasteiger charge is 2.14. The Labute approximate surface area is 88.2 Å². The van der Waals surface area contributed by atoms with Crippen LogP contribution in [0.5, 0.6) is 0 Å². The van der Waals surface area contributed by atoms with Crippen molar-refractivity contribution in [3.05, 3.63) is 22.6 Å². The summed E-state index contributed by atoms with van der Waals surface area (Å²) in [6.45, 7) is 0. The summed E-state index contributed by atoms with van der Waals surface area (Å²) in [7, 11) is 0. The maximum Gasteiger partial charge on any atom is 0.338 e. The van der Waals surface area contributed by atoms with E-state index < -0.39 is 0 Å². The van der Waals surface area contributed by atoms with E-state index in [1.165, 1.54) is 11.3 Å². The topological polar surface area (TPSA) is 43.1 Å². The van der Waals surface area contributed by atoms with E-state index in [2.05, 4.69) is 22.6 Å². The van der Waals surface area contributed by atoms with Crippen LogP contribution in [0.3, 0.4) is 0 Å². The van der Waals surface area contributed by atoms with Crippen molar-refractivity contribution in [1.29, 1.82) is 0 Å². The third kappa shape index (κ3) is 1.78. The average Bonchev–Trinajstić information content (AvgIpc) is 2.10. The highest BCUT2D eigenvalue weighted by molar-refractivity contribution is 14.1. The number of nitrogens with zero attached hydrogens (tertiary/aromatic N) is 1. The number of thiophene rings is 1. The summed E-state index contributed by atoms with van der Waals surface area (Å²) in [5.41, 5.74) is 0. The van der Waals surface area contributed by atoms with Crippen LogP contribution < -0.4 is 0 Å². The zero-order valence-electron chi connectivity index (χ0n) is 4.51. The molecule has 0 aliphatic heterocycles. The van der Waals surface area contributed by atoms with Gasteiger partial charge in [-0.05, 0) is 51.2 Å². The van der Waals surface area contributed by atoms with Crippen molar-refractivity contribution in [2.75, 3.05) is 0 Å². The van der Waals surface area contributed by atoms with Crippen LogP contribution in [-0.2, 0) is 0 Å². The van der Waals surface area contributed by atoms with Gasteiger partial charge in [0.2, 0.25) is 0 Å². The molecule has 0 bridgehead atoms.